The van der Waals surface area contributed by atoms with Crippen LogP contribution in [0, 0.1) is 5.92 Å². The molecule has 96 valence electrons. The van der Waals surface area contributed by atoms with Gasteiger partial charge in [0.25, 0.3) is 7.41 Å². The molecule has 18 heavy (non-hydrogen) atoms. The maximum absolute atomic E-state index is 11.3. The SMILES string of the molecule is BCCC(=O)NBc1ccc(CCC(C)C)cc1. The molecule has 1 amide bonds. The molecule has 0 atom stereocenters. The van der Waals surface area contributed by atoms with Crippen LogP contribution < -0.4 is 10.7 Å². The molecule has 0 saturated carbocycles. The average molecular weight is 243 g/mol. The summed E-state index contributed by atoms with van der Waals surface area (Å²) in [6.07, 6.45) is 3.89. The number of nitrogens with one attached hydrogen (secondary N) is 1. The first kappa shape index (κ1) is 14.9. The van der Waals surface area contributed by atoms with E-state index in [9.17, 15) is 4.79 Å². The first-order chi connectivity index (χ1) is 8.61. The van der Waals surface area contributed by atoms with Gasteiger partial charge in [0.05, 0.1) is 0 Å². The Bertz CT molecular complexity index is 363. The van der Waals surface area contributed by atoms with Gasteiger partial charge in [-0.3, -0.25) is 4.79 Å². The zero-order valence-electron chi connectivity index (χ0n) is 11.8. The Morgan fingerprint density at radius 3 is 2.56 bits per heavy atom. The van der Waals surface area contributed by atoms with E-state index in [0.717, 1.165) is 18.7 Å². The minimum absolute atomic E-state index is 0.140. The van der Waals surface area contributed by atoms with Gasteiger partial charge < -0.3 is 5.23 Å². The van der Waals surface area contributed by atoms with Gasteiger partial charge in [-0.2, -0.15) is 0 Å². The number of aryl methyl sites for hydroxylation is 1. The lowest BCUT2D eigenvalue weighted by molar-refractivity contribution is -0.119. The molecule has 0 saturated heterocycles. The highest BCUT2D eigenvalue weighted by atomic mass is 16.1. The Balaban J connectivity index is 2.38. The highest BCUT2D eigenvalue weighted by molar-refractivity contribution is 6.53. The summed E-state index contributed by atoms with van der Waals surface area (Å²) in [6.45, 7) is 4.50. The van der Waals surface area contributed by atoms with Crippen LogP contribution in [0.1, 0.15) is 32.3 Å². The van der Waals surface area contributed by atoms with Gasteiger partial charge in [0, 0.05) is 6.42 Å². The molecular formula is C14H23B2NO. The summed E-state index contributed by atoms with van der Waals surface area (Å²) >= 11 is 0. The van der Waals surface area contributed by atoms with Crippen molar-refractivity contribution in [2.45, 2.75) is 39.4 Å². The number of benzene rings is 1. The minimum Gasteiger partial charge on any atom is -0.398 e. The van der Waals surface area contributed by atoms with Crippen molar-refractivity contribution in [3.05, 3.63) is 29.8 Å². The summed E-state index contributed by atoms with van der Waals surface area (Å²) in [5, 5.41) is 2.93. The van der Waals surface area contributed by atoms with Gasteiger partial charge in [-0.05, 0) is 24.3 Å². The Morgan fingerprint density at radius 1 is 1.33 bits per heavy atom. The van der Waals surface area contributed by atoms with Gasteiger partial charge in [0.15, 0.2) is 0 Å². The van der Waals surface area contributed by atoms with Crippen LogP contribution in [0.2, 0.25) is 6.32 Å². The molecule has 1 aromatic rings. The minimum atomic E-state index is 0.140. The second-order valence-corrected chi connectivity index (χ2v) is 5.28. The van der Waals surface area contributed by atoms with E-state index < -0.39 is 0 Å². The molecule has 0 aromatic heterocycles. The molecule has 0 bridgehead atoms. The third-order valence-electron chi connectivity index (χ3n) is 3.00. The van der Waals surface area contributed by atoms with E-state index in [2.05, 4.69) is 43.3 Å². The molecule has 0 aliphatic carbocycles. The monoisotopic (exact) mass is 243 g/mol. The van der Waals surface area contributed by atoms with Crippen LogP contribution in [0.15, 0.2) is 24.3 Å². The maximum atomic E-state index is 11.3. The van der Waals surface area contributed by atoms with Crippen molar-refractivity contribution in [3.8, 4) is 0 Å². The number of carbonyl (C=O) groups excluding carboxylic acids is 1. The fourth-order valence-electron chi connectivity index (χ4n) is 1.80. The summed E-state index contributed by atoms with van der Waals surface area (Å²) in [5.74, 6) is 0.888. The highest BCUT2D eigenvalue weighted by Crippen LogP contribution is 2.07. The van der Waals surface area contributed by atoms with Crippen LogP contribution in [0.4, 0.5) is 0 Å². The molecule has 0 aliphatic rings. The van der Waals surface area contributed by atoms with Crippen molar-refractivity contribution in [1.29, 1.82) is 0 Å². The highest BCUT2D eigenvalue weighted by Gasteiger charge is 2.02. The van der Waals surface area contributed by atoms with Crippen molar-refractivity contribution < 1.29 is 4.79 Å². The molecule has 0 radical (unpaired) electrons. The quantitative estimate of drug-likeness (QED) is 0.705. The number of carbonyl (C=O) groups is 1. The van der Waals surface area contributed by atoms with Crippen molar-refractivity contribution in [2.75, 3.05) is 0 Å². The average Bonchev–Trinajstić information content (AvgIpc) is 2.35. The van der Waals surface area contributed by atoms with Gasteiger partial charge in [0.2, 0.25) is 5.91 Å². The molecular weight excluding hydrogens is 220 g/mol. The number of amides is 1. The van der Waals surface area contributed by atoms with Crippen molar-refractivity contribution >= 4 is 26.6 Å². The molecule has 1 rings (SSSR count). The number of hydrogen-bond acceptors (Lipinski definition) is 1. The van der Waals surface area contributed by atoms with Gasteiger partial charge >= 0.3 is 0 Å². The van der Waals surface area contributed by atoms with Gasteiger partial charge in [-0.25, -0.2) is 0 Å². The second-order valence-electron chi connectivity index (χ2n) is 5.28. The molecule has 0 fully saturated rings. The van der Waals surface area contributed by atoms with Gasteiger partial charge in [0.1, 0.15) is 7.85 Å². The van der Waals surface area contributed by atoms with Crippen LogP contribution in [-0.2, 0) is 11.2 Å². The first-order valence-corrected chi connectivity index (χ1v) is 6.96. The van der Waals surface area contributed by atoms with Gasteiger partial charge in [-0.15, -0.1) is 0 Å². The van der Waals surface area contributed by atoms with Crippen LogP contribution >= 0.6 is 0 Å². The lowest BCUT2D eigenvalue weighted by atomic mass is 9.82. The fourth-order valence-corrected chi connectivity index (χ4v) is 1.80. The van der Waals surface area contributed by atoms with E-state index in [1.165, 1.54) is 17.4 Å². The Morgan fingerprint density at radius 2 is 2.00 bits per heavy atom. The van der Waals surface area contributed by atoms with Crippen LogP contribution in [0.25, 0.3) is 0 Å². The standard InChI is InChI=1S/C14H23B2NO/c1-11(2)3-4-12-5-7-13(8-6-12)16-17-14(18)9-10-15/h5-8,11,16H,3-4,9-10,15H2,1-2H3,(H,17,18). The predicted octanol–water partition coefficient (Wildman–Crippen LogP) is 0.810. The summed E-state index contributed by atoms with van der Waals surface area (Å²) in [4.78, 5) is 11.3. The molecule has 0 aliphatic heterocycles. The van der Waals surface area contributed by atoms with Gasteiger partial charge in [-0.1, -0.05) is 49.9 Å². The summed E-state index contributed by atoms with van der Waals surface area (Å²) in [5.41, 5.74) is 2.56. The fraction of sp³-hybridized carbons (Fsp3) is 0.500. The van der Waals surface area contributed by atoms with Crippen LogP contribution in [0.5, 0.6) is 0 Å². The topological polar surface area (TPSA) is 29.1 Å². The van der Waals surface area contributed by atoms with E-state index in [-0.39, 0.29) is 5.91 Å². The number of rotatable bonds is 7. The van der Waals surface area contributed by atoms with Crippen LogP contribution in [0.3, 0.4) is 0 Å². The Hall–Kier alpha value is -1.18. The zero-order chi connectivity index (χ0) is 13.4. The smallest absolute Gasteiger partial charge is 0.269 e. The van der Waals surface area contributed by atoms with Crippen molar-refractivity contribution in [1.82, 2.24) is 5.23 Å². The van der Waals surface area contributed by atoms with E-state index in [1.807, 2.05) is 7.85 Å². The molecule has 1 N–H and O–H groups in total. The third-order valence-corrected chi connectivity index (χ3v) is 3.00. The third kappa shape index (κ3) is 5.94. The molecule has 4 heteroatoms. The second kappa shape index (κ2) is 8.02. The van der Waals surface area contributed by atoms with Crippen LogP contribution in [-0.4, -0.2) is 21.2 Å². The maximum Gasteiger partial charge on any atom is 0.269 e. The predicted molar refractivity (Wildman–Crippen MR) is 82.5 cm³/mol. The summed E-state index contributed by atoms with van der Waals surface area (Å²) in [6, 6.07) is 8.57. The van der Waals surface area contributed by atoms with Crippen molar-refractivity contribution in [3.63, 3.8) is 0 Å². The Kier molecular flexibility index (Phi) is 6.63. The van der Waals surface area contributed by atoms with E-state index in [4.69, 9.17) is 0 Å². The number of hydrogen-bond donors (Lipinski definition) is 1. The van der Waals surface area contributed by atoms with E-state index in [0.29, 0.717) is 13.8 Å². The lowest BCUT2D eigenvalue weighted by Gasteiger charge is -2.06. The van der Waals surface area contributed by atoms with E-state index >= 15 is 0 Å². The van der Waals surface area contributed by atoms with Crippen molar-refractivity contribution in [2.24, 2.45) is 5.92 Å². The Labute approximate surface area is 112 Å². The summed E-state index contributed by atoms with van der Waals surface area (Å²) in [7, 11) is 2.66. The molecule has 0 heterocycles. The first-order valence-electron chi connectivity index (χ1n) is 6.96. The normalized spacial score (nSPS) is 10.4. The molecule has 0 spiro atoms. The molecule has 0 unspecified atom stereocenters. The molecule has 1 aromatic carbocycles. The largest absolute Gasteiger partial charge is 0.398 e. The molecule has 2 nitrogen and oxygen atoms in total. The zero-order valence-corrected chi connectivity index (χ0v) is 11.8. The van der Waals surface area contributed by atoms with E-state index in [1.54, 1.807) is 0 Å². The summed E-state index contributed by atoms with van der Waals surface area (Å²) < 4.78 is 0. The lowest BCUT2D eigenvalue weighted by Crippen LogP contribution is -2.35.